The van der Waals surface area contributed by atoms with Crippen molar-refractivity contribution in [2.24, 2.45) is 23.5 Å². The van der Waals surface area contributed by atoms with Gasteiger partial charge in [-0.05, 0) is 30.7 Å². The zero-order chi connectivity index (χ0) is 19.0. The first kappa shape index (κ1) is 18.4. The number of carbonyl (C=O) groups excluding carboxylic acids is 3. The molecule has 8 nitrogen and oxygen atoms in total. The van der Waals surface area contributed by atoms with E-state index in [1.54, 1.807) is 0 Å². The quantitative estimate of drug-likeness (QED) is 0.572. The molecule has 1 saturated heterocycles. The van der Waals surface area contributed by atoms with Gasteiger partial charge in [0.1, 0.15) is 5.69 Å². The van der Waals surface area contributed by atoms with Crippen molar-refractivity contribution in [3.8, 4) is 0 Å². The van der Waals surface area contributed by atoms with Crippen LogP contribution in [0.4, 0.5) is 0 Å². The van der Waals surface area contributed by atoms with Crippen molar-refractivity contribution in [2.75, 3.05) is 13.1 Å². The van der Waals surface area contributed by atoms with Gasteiger partial charge < -0.3 is 26.0 Å². The number of hydrogen-bond acceptors (Lipinski definition) is 4. The van der Waals surface area contributed by atoms with Crippen LogP contribution < -0.4 is 11.1 Å². The lowest BCUT2D eigenvalue weighted by atomic mass is 10.1. The van der Waals surface area contributed by atoms with E-state index < -0.39 is 18.1 Å². The van der Waals surface area contributed by atoms with Gasteiger partial charge in [-0.1, -0.05) is 13.8 Å². The second-order valence-electron chi connectivity index (χ2n) is 7.79. The Morgan fingerprint density at radius 3 is 2.73 bits per heavy atom. The number of aliphatic hydroxyl groups is 1. The Labute approximate surface area is 152 Å². The number of nitrogens with one attached hydrogen (secondary N) is 2. The van der Waals surface area contributed by atoms with Crippen molar-refractivity contribution in [3.63, 3.8) is 0 Å². The lowest BCUT2D eigenvalue weighted by Crippen LogP contribution is -2.44. The highest BCUT2D eigenvalue weighted by Gasteiger charge is 2.45. The van der Waals surface area contributed by atoms with Crippen LogP contribution in [0.2, 0.25) is 0 Å². The number of carbonyl (C=O) groups is 3. The number of aromatic nitrogens is 1. The van der Waals surface area contributed by atoms with Crippen LogP contribution in [0, 0.1) is 17.8 Å². The molecule has 1 aliphatic carbocycles. The minimum Gasteiger partial charge on any atom is -0.389 e. The standard InChI is InChI=1S/C18H26N4O4/c1-9(2)3-10-4-12(10)17(25)21-14-7-22(8-15(14)23)18(26)11-5-13(16(19)24)20-6-11/h5-6,9-10,12,14-15,20,23H,3-4,7-8H2,1-2H3,(H2,19,24)(H,21,25)/t10-,12-,14-,15-/m1/s1. The van der Waals surface area contributed by atoms with Crippen molar-refractivity contribution >= 4 is 17.7 Å². The largest absolute Gasteiger partial charge is 0.389 e. The highest BCUT2D eigenvalue weighted by molar-refractivity contribution is 5.98. The molecule has 0 bridgehead atoms. The molecule has 26 heavy (non-hydrogen) atoms. The zero-order valence-corrected chi connectivity index (χ0v) is 15.1. The van der Waals surface area contributed by atoms with Crippen LogP contribution >= 0.6 is 0 Å². The molecule has 8 heteroatoms. The fourth-order valence-corrected chi connectivity index (χ4v) is 3.66. The highest BCUT2D eigenvalue weighted by Crippen LogP contribution is 2.43. The number of nitrogens with zero attached hydrogens (tertiary/aromatic N) is 1. The van der Waals surface area contributed by atoms with E-state index in [1.807, 2.05) is 0 Å². The number of nitrogens with two attached hydrogens (primary N) is 1. The van der Waals surface area contributed by atoms with Crippen molar-refractivity contribution < 1.29 is 19.5 Å². The number of aromatic amines is 1. The molecule has 0 radical (unpaired) electrons. The molecule has 5 N–H and O–H groups in total. The molecule has 0 unspecified atom stereocenters. The van der Waals surface area contributed by atoms with Gasteiger partial charge in [-0.15, -0.1) is 0 Å². The summed E-state index contributed by atoms with van der Waals surface area (Å²) in [6.45, 7) is 4.66. The minimum atomic E-state index is -0.806. The third-order valence-corrected chi connectivity index (χ3v) is 5.13. The van der Waals surface area contributed by atoms with E-state index in [-0.39, 0.29) is 36.5 Å². The van der Waals surface area contributed by atoms with Gasteiger partial charge in [0.25, 0.3) is 11.8 Å². The highest BCUT2D eigenvalue weighted by atomic mass is 16.3. The molecular weight excluding hydrogens is 336 g/mol. The summed E-state index contributed by atoms with van der Waals surface area (Å²) in [6.07, 6.45) is 2.54. The van der Waals surface area contributed by atoms with E-state index in [4.69, 9.17) is 5.73 Å². The van der Waals surface area contributed by atoms with Crippen LogP contribution in [0.3, 0.4) is 0 Å². The number of H-pyrrole nitrogens is 1. The van der Waals surface area contributed by atoms with Gasteiger partial charge in [0.2, 0.25) is 5.91 Å². The Morgan fingerprint density at radius 2 is 2.12 bits per heavy atom. The van der Waals surface area contributed by atoms with E-state index in [2.05, 4.69) is 24.1 Å². The molecule has 1 aromatic rings. The maximum atomic E-state index is 12.5. The number of aliphatic hydroxyl groups excluding tert-OH is 1. The van der Waals surface area contributed by atoms with Gasteiger partial charge in [-0.3, -0.25) is 14.4 Å². The summed E-state index contributed by atoms with van der Waals surface area (Å²) in [7, 11) is 0. The Hall–Kier alpha value is -2.35. The number of hydrogen-bond donors (Lipinski definition) is 4. The average molecular weight is 362 g/mol. The first-order valence-electron chi connectivity index (χ1n) is 9.02. The number of primary amides is 1. The number of rotatable bonds is 6. The predicted molar refractivity (Wildman–Crippen MR) is 94.2 cm³/mol. The van der Waals surface area contributed by atoms with Gasteiger partial charge in [0.05, 0.1) is 17.7 Å². The summed E-state index contributed by atoms with van der Waals surface area (Å²) in [5, 5.41) is 13.1. The summed E-state index contributed by atoms with van der Waals surface area (Å²) in [5.74, 6) is 0.0291. The smallest absolute Gasteiger partial charge is 0.265 e. The number of β-amino-alcohol motifs (C(OH)–C–C–N with tert-alkyl or cyclic N) is 1. The fraction of sp³-hybridized carbons (Fsp3) is 0.611. The van der Waals surface area contributed by atoms with Gasteiger partial charge in [-0.25, -0.2) is 0 Å². The maximum Gasteiger partial charge on any atom is 0.265 e. The zero-order valence-electron chi connectivity index (χ0n) is 15.1. The van der Waals surface area contributed by atoms with E-state index in [1.165, 1.54) is 17.2 Å². The van der Waals surface area contributed by atoms with Crippen molar-refractivity contribution in [3.05, 3.63) is 23.5 Å². The molecular formula is C18H26N4O4. The van der Waals surface area contributed by atoms with E-state index in [0.29, 0.717) is 17.4 Å². The van der Waals surface area contributed by atoms with Crippen molar-refractivity contribution in [2.45, 2.75) is 38.8 Å². The fourth-order valence-electron chi connectivity index (χ4n) is 3.66. The van der Waals surface area contributed by atoms with Crippen LogP contribution in [0.5, 0.6) is 0 Å². The van der Waals surface area contributed by atoms with Crippen molar-refractivity contribution in [1.29, 1.82) is 0 Å². The molecule has 4 atom stereocenters. The van der Waals surface area contributed by atoms with Gasteiger partial charge >= 0.3 is 0 Å². The molecule has 3 rings (SSSR count). The van der Waals surface area contributed by atoms with Crippen LogP contribution in [0.15, 0.2) is 12.3 Å². The molecule has 142 valence electrons. The Kier molecular flexibility index (Phi) is 5.04. The molecule has 0 aromatic carbocycles. The van der Waals surface area contributed by atoms with Gasteiger partial charge in [0, 0.05) is 25.2 Å². The molecule has 1 aromatic heterocycles. The Bertz CT molecular complexity index is 714. The molecule has 0 spiro atoms. The lowest BCUT2D eigenvalue weighted by molar-refractivity contribution is -0.123. The summed E-state index contributed by atoms with van der Waals surface area (Å²) >= 11 is 0. The Balaban J connectivity index is 1.55. The molecule has 3 amide bonds. The molecule has 2 fully saturated rings. The van der Waals surface area contributed by atoms with E-state index in [9.17, 15) is 19.5 Å². The predicted octanol–water partition coefficient (Wildman–Crippen LogP) is 0.0973. The normalized spacial score (nSPS) is 27.6. The maximum absolute atomic E-state index is 12.5. The third kappa shape index (κ3) is 3.90. The van der Waals surface area contributed by atoms with Crippen LogP contribution in [-0.4, -0.2) is 57.9 Å². The first-order chi connectivity index (χ1) is 12.3. The van der Waals surface area contributed by atoms with Crippen molar-refractivity contribution in [1.82, 2.24) is 15.2 Å². The topological polar surface area (TPSA) is 129 Å². The van der Waals surface area contributed by atoms with Gasteiger partial charge in [-0.2, -0.15) is 0 Å². The first-order valence-corrected chi connectivity index (χ1v) is 9.02. The number of amides is 3. The van der Waals surface area contributed by atoms with Crippen LogP contribution in [0.25, 0.3) is 0 Å². The van der Waals surface area contributed by atoms with E-state index >= 15 is 0 Å². The minimum absolute atomic E-state index is 0.0251. The monoisotopic (exact) mass is 362 g/mol. The molecule has 1 aliphatic heterocycles. The Morgan fingerprint density at radius 1 is 1.38 bits per heavy atom. The second-order valence-corrected chi connectivity index (χ2v) is 7.79. The van der Waals surface area contributed by atoms with E-state index in [0.717, 1.165) is 12.8 Å². The van der Waals surface area contributed by atoms with Gasteiger partial charge in [0.15, 0.2) is 0 Å². The molecule has 2 aliphatic rings. The molecule has 2 heterocycles. The third-order valence-electron chi connectivity index (χ3n) is 5.13. The summed E-state index contributed by atoms with van der Waals surface area (Å²) in [6, 6.07) is 0.922. The summed E-state index contributed by atoms with van der Waals surface area (Å²) < 4.78 is 0. The summed E-state index contributed by atoms with van der Waals surface area (Å²) in [5.41, 5.74) is 5.63. The van der Waals surface area contributed by atoms with Crippen LogP contribution in [0.1, 0.15) is 47.5 Å². The molecule has 1 saturated carbocycles. The number of likely N-dealkylation sites (tertiary alicyclic amines) is 1. The average Bonchev–Trinajstić information content (AvgIpc) is 2.99. The second kappa shape index (κ2) is 7.11. The van der Waals surface area contributed by atoms with Crippen LogP contribution in [-0.2, 0) is 4.79 Å². The SMILES string of the molecule is CC(C)C[C@@H]1C[C@H]1C(=O)N[C@@H]1CN(C(=O)c2c[nH]c(C(N)=O)c2)C[C@H]1O. The summed E-state index contributed by atoms with van der Waals surface area (Å²) in [4.78, 5) is 40.1. The lowest BCUT2D eigenvalue weighted by Gasteiger charge is -2.16.